The van der Waals surface area contributed by atoms with Gasteiger partial charge in [-0.1, -0.05) is 12.1 Å². The van der Waals surface area contributed by atoms with E-state index >= 15 is 0 Å². The first-order valence-electron chi connectivity index (χ1n) is 9.41. The maximum atomic E-state index is 12.8. The van der Waals surface area contributed by atoms with Gasteiger partial charge in [0.25, 0.3) is 0 Å². The first-order valence-corrected chi connectivity index (χ1v) is 9.41. The van der Waals surface area contributed by atoms with Crippen LogP contribution in [0.25, 0.3) is 0 Å². The summed E-state index contributed by atoms with van der Waals surface area (Å²) in [6.45, 7) is 6.36. The largest absolute Gasteiger partial charge is 0.455 e. The summed E-state index contributed by atoms with van der Waals surface area (Å²) in [5, 5.41) is 0. The zero-order chi connectivity index (χ0) is 21.8. The number of Topliss-reactive ketones (excluding diaryl/α,β-unsaturated/α-hetero) is 2. The molecule has 0 bridgehead atoms. The molecular weight excluding hydrogens is 384 g/mol. The fraction of sp³-hybridized carbons (Fsp3) is 0.217. The normalized spacial score (nSPS) is 11.6. The number of ketones is 2. The van der Waals surface area contributed by atoms with Crippen LogP contribution in [0.1, 0.15) is 56.3 Å². The van der Waals surface area contributed by atoms with Crippen LogP contribution in [0.3, 0.4) is 0 Å². The van der Waals surface area contributed by atoms with Crippen LogP contribution in [0.5, 0.6) is 11.5 Å². The lowest BCUT2D eigenvalue weighted by Crippen LogP contribution is -2.25. The summed E-state index contributed by atoms with van der Waals surface area (Å²) in [5.74, 6) is -0.478. The highest BCUT2D eigenvalue weighted by molar-refractivity contribution is 6.05. The summed E-state index contributed by atoms with van der Waals surface area (Å²) in [5.41, 5.74) is 2.08. The molecule has 1 unspecified atom stereocenters. The number of nitrogens with one attached hydrogen (secondary N) is 1. The van der Waals surface area contributed by atoms with Gasteiger partial charge in [0.05, 0.1) is 11.9 Å². The number of H-pyrrole nitrogens is 1. The highest BCUT2D eigenvalue weighted by Gasteiger charge is 2.27. The molecule has 3 rings (SSSR count). The lowest BCUT2D eigenvalue weighted by atomic mass is 10.0. The second kappa shape index (κ2) is 8.73. The summed E-state index contributed by atoms with van der Waals surface area (Å²) in [4.78, 5) is 44.3. The third-order valence-corrected chi connectivity index (χ3v) is 4.66. The second-order valence-corrected chi connectivity index (χ2v) is 6.88. The molecule has 2 aromatic heterocycles. The van der Waals surface area contributed by atoms with Crippen molar-refractivity contribution in [3.8, 4) is 11.5 Å². The number of nitrogens with zero attached hydrogens (tertiary/aromatic N) is 1. The quantitative estimate of drug-likeness (QED) is 0.460. The number of aromatic amines is 1. The zero-order valence-corrected chi connectivity index (χ0v) is 17.2. The van der Waals surface area contributed by atoms with Crippen molar-refractivity contribution in [2.24, 2.45) is 0 Å². The molecule has 0 saturated carbocycles. The van der Waals surface area contributed by atoms with Crippen molar-refractivity contribution in [3.05, 3.63) is 76.9 Å². The van der Waals surface area contributed by atoms with Crippen molar-refractivity contribution in [2.75, 3.05) is 0 Å². The van der Waals surface area contributed by atoms with E-state index in [1.165, 1.54) is 20.0 Å². The van der Waals surface area contributed by atoms with Gasteiger partial charge in [-0.05, 0) is 57.5 Å². The van der Waals surface area contributed by atoms with Crippen molar-refractivity contribution in [3.63, 3.8) is 0 Å². The first kappa shape index (κ1) is 21.0. The average molecular weight is 406 g/mol. The molecule has 30 heavy (non-hydrogen) atoms. The van der Waals surface area contributed by atoms with Crippen LogP contribution >= 0.6 is 0 Å². The molecule has 0 radical (unpaired) electrons. The van der Waals surface area contributed by atoms with Crippen LogP contribution in [0, 0.1) is 13.8 Å². The number of hydrogen-bond donors (Lipinski definition) is 1. The number of rotatable bonds is 7. The van der Waals surface area contributed by atoms with E-state index in [1.807, 2.05) is 0 Å². The Labute approximate surface area is 174 Å². The molecule has 2 heterocycles. The molecule has 154 valence electrons. The topological polar surface area (TPSA) is 98.3 Å². The van der Waals surface area contributed by atoms with Crippen molar-refractivity contribution in [2.45, 2.75) is 33.8 Å². The fourth-order valence-corrected chi connectivity index (χ4v) is 3.26. The van der Waals surface area contributed by atoms with Crippen LogP contribution in [-0.2, 0) is 4.74 Å². The van der Waals surface area contributed by atoms with Crippen LogP contribution in [0.2, 0.25) is 0 Å². The van der Waals surface area contributed by atoms with Gasteiger partial charge in [0.1, 0.15) is 17.1 Å². The van der Waals surface area contributed by atoms with Gasteiger partial charge in [0, 0.05) is 17.5 Å². The number of pyridine rings is 1. The van der Waals surface area contributed by atoms with E-state index in [2.05, 4.69) is 9.97 Å². The minimum Gasteiger partial charge on any atom is -0.455 e. The van der Waals surface area contributed by atoms with Gasteiger partial charge in [-0.25, -0.2) is 4.79 Å². The number of para-hydroxylation sites is 1. The molecular formula is C23H22N2O5. The summed E-state index contributed by atoms with van der Waals surface area (Å²) in [6, 6.07) is 10.0. The highest BCUT2D eigenvalue weighted by Crippen LogP contribution is 2.26. The summed E-state index contributed by atoms with van der Waals surface area (Å²) < 4.78 is 11.1. The van der Waals surface area contributed by atoms with Gasteiger partial charge >= 0.3 is 5.97 Å². The Hall–Kier alpha value is -3.74. The maximum Gasteiger partial charge on any atom is 0.342 e. The molecule has 0 aliphatic carbocycles. The molecule has 1 atom stereocenters. The van der Waals surface area contributed by atoms with E-state index in [1.54, 1.807) is 56.4 Å². The van der Waals surface area contributed by atoms with Crippen molar-refractivity contribution < 1.29 is 23.9 Å². The molecule has 0 aliphatic heterocycles. The highest BCUT2D eigenvalue weighted by atomic mass is 16.5. The minimum absolute atomic E-state index is 0.133. The third kappa shape index (κ3) is 4.30. The predicted octanol–water partition coefficient (Wildman–Crippen LogP) is 4.45. The smallest absolute Gasteiger partial charge is 0.342 e. The number of carbonyl (C=O) groups is 3. The summed E-state index contributed by atoms with van der Waals surface area (Å²) >= 11 is 0. The Morgan fingerprint density at radius 2 is 1.80 bits per heavy atom. The standard InChI is InChI=1S/C23H22N2O5/c1-13-20(15(3)26)14(2)25-21(13)22(27)16(4)29-23(28)18-9-5-6-10-19(18)30-17-8-7-11-24-12-17/h5-12,16,25H,1-4H3. The number of carbonyl (C=O) groups excluding carboxylic acids is 3. The molecule has 7 nitrogen and oxygen atoms in total. The van der Waals surface area contributed by atoms with E-state index in [9.17, 15) is 14.4 Å². The first-order chi connectivity index (χ1) is 14.3. The van der Waals surface area contributed by atoms with Crippen molar-refractivity contribution >= 4 is 17.5 Å². The zero-order valence-electron chi connectivity index (χ0n) is 17.2. The Kier molecular flexibility index (Phi) is 6.11. The molecule has 3 aromatic rings. The van der Waals surface area contributed by atoms with Gasteiger partial charge in [-0.15, -0.1) is 0 Å². The molecule has 0 spiro atoms. The van der Waals surface area contributed by atoms with Gasteiger partial charge in [-0.3, -0.25) is 14.6 Å². The lowest BCUT2D eigenvalue weighted by Gasteiger charge is -2.14. The number of hydrogen-bond acceptors (Lipinski definition) is 6. The molecule has 7 heteroatoms. The van der Waals surface area contributed by atoms with Gasteiger partial charge < -0.3 is 14.5 Å². The Morgan fingerprint density at radius 3 is 2.43 bits per heavy atom. The maximum absolute atomic E-state index is 12.8. The van der Waals surface area contributed by atoms with E-state index in [-0.39, 0.29) is 17.0 Å². The molecule has 0 saturated heterocycles. The predicted molar refractivity (Wildman–Crippen MR) is 110 cm³/mol. The Balaban J connectivity index is 1.79. The van der Waals surface area contributed by atoms with Crippen LogP contribution in [0.4, 0.5) is 0 Å². The molecule has 0 amide bonds. The SMILES string of the molecule is CC(=O)c1c(C)[nH]c(C(=O)C(C)OC(=O)c2ccccc2Oc2cccnc2)c1C. The second-order valence-electron chi connectivity index (χ2n) is 6.88. The van der Waals surface area contributed by atoms with E-state index in [4.69, 9.17) is 9.47 Å². The Bertz CT molecular complexity index is 1100. The van der Waals surface area contributed by atoms with Crippen LogP contribution in [-0.4, -0.2) is 33.6 Å². The number of esters is 1. The number of benzene rings is 1. The molecule has 1 aromatic carbocycles. The van der Waals surface area contributed by atoms with Crippen molar-refractivity contribution in [1.29, 1.82) is 0 Å². The third-order valence-electron chi connectivity index (χ3n) is 4.66. The Morgan fingerprint density at radius 1 is 1.07 bits per heavy atom. The monoisotopic (exact) mass is 406 g/mol. The lowest BCUT2D eigenvalue weighted by molar-refractivity contribution is 0.0314. The van der Waals surface area contributed by atoms with E-state index < -0.39 is 17.9 Å². The molecule has 0 fully saturated rings. The van der Waals surface area contributed by atoms with Gasteiger partial charge in [0.15, 0.2) is 11.9 Å². The summed E-state index contributed by atoms with van der Waals surface area (Å²) in [6.07, 6.45) is 2.08. The molecule has 0 aliphatic rings. The van der Waals surface area contributed by atoms with Gasteiger partial charge in [0.2, 0.25) is 5.78 Å². The number of aromatic nitrogens is 2. The van der Waals surface area contributed by atoms with Crippen molar-refractivity contribution in [1.82, 2.24) is 9.97 Å². The molecule has 1 N–H and O–H groups in total. The average Bonchev–Trinajstić information content (AvgIpc) is 3.02. The number of ether oxygens (including phenoxy) is 2. The minimum atomic E-state index is -1.06. The summed E-state index contributed by atoms with van der Waals surface area (Å²) in [7, 11) is 0. The van der Waals surface area contributed by atoms with E-state index in [0.29, 0.717) is 28.3 Å². The fourth-order valence-electron chi connectivity index (χ4n) is 3.26. The van der Waals surface area contributed by atoms with Crippen LogP contribution in [0.15, 0.2) is 48.8 Å². The van der Waals surface area contributed by atoms with Crippen LogP contribution < -0.4 is 4.74 Å². The van der Waals surface area contributed by atoms with Gasteiger partial charge in [-0.2, -0.15) is 0 Å². The number of aryl methyl sites for hydroxylation is 1. The van der Waals surface area contributed by atoms with E-state index in [0.717, 1.165) is 0 Å².